The summed E-state index contributed by atoms with van der Waals surface area (Å²) in [6, 6.07) is 6.89. The summed E-state index contributed by atoms with van der Waals surface area (Å²) in [4.78, 5) is 51.5. The number of rotatable bonds is 10. The standard InChI is InChI=1S/C23H35N3O6/c1-7-8-14-26(21(29)16(2)25-22(30)32-23(3,4)5)19(17-12-10-9-11-13-17)20(28)24-15-18(27)31-6/h9-13,16,19H,7-8,14-15H2,1-6H3,(H,24,28)(H,25,30). The van der Waals surface area contributed by atoms with E-state index in [4.69, 9.17) is 4.74 Å². The number of methoxy groups -OCH3 is 1. The fraction of sp³-hybridized carbons (Fsp3) is 0.565. The van der Waals surface area contributed by atoms with E-state index in [0.717, 1.165) is 6.42 Å². The summed E-state index contributed by atoms with van der Waals surface area (Å²) in [6.45, 7) is 8.66. The van der Waals surface area contributed by atoms with Gasteiger partial charge in [-0.3, -0.25) is 14.4 Å². The Hall–Kier alpha value is -3.10. The van der Waals surface area contributed by atoms with Crippen LogP contribution in [0.25, 0.3) is 0 Å². The molecule has 9 heteroatoms. The van der Waals surface area contributed by atoms with Gasteiger partial charge >= 0.3 is 12.1 Å². The largest absolute Gasteiger partial charge is 0.468 e. The molecule has 2 atom stereocenters. The first-order chi connectivity index (χ1) is 15.0. The van der Waals surface area contributed by atoms with E-state index < -0.39 is 41.6 Å². The Morgan fingerprint density at radius 2 is 1.72 bits per heavy atom. The monoisotopic (exact) mass is 449 g/mol. The number of amides is 3. The molecule has 1 aromatic rings. The van der Waals surface area contributed by atoms with Crippen molar-refractivity contribution in [2.45, 2.75) is 65.1 Å². The third-order valence-corrected chi connectivity index (χ3v) is 4.45. The first-order valence-corrected chi connectivity index (χ1v) is 10.7. The molecule has 0 aromatic heterocycles. The van der Waals surface area contributed by atoms with Crippen molar-refractivity contribution in [1.82, 2.24) is 15.5 Å². The molecule has 1 rings (SSSR count). The van der Waals surface area contributed by atoms with Crippen LogP contribution in [0.4, 0.5) is 4.79 Å². The van der Waals surface area contributed by atoms with Gasteiger partial charge in [-0.15, -0.1) is 0 Å². The Morgan fingerprint density at radius 3 is 2.25 bits per heavy atom. The lowest BCUT2D eigenvalue weighted by Gasteiger charge is -2.33. The van der Waals surface area contributed by atoms with E-state index >= 15 is 0 Å². The Balaban J connectivity index is 3.18. The Bertz CT molecular complexity index is 776. The van der Waals surface area contributed by atoms with Crippen molar-refractivity contribution < 1.29 is 28.7 Å². The van der Waals surface area contributed by atoms with Crippen LogP contribution in [-0.4, -0.2) is 60.6 Å². The van der Waals surface area contributed by atoms with Crippen LogP contribution in [0.2, 0.25) is 0 Å². The Labute approximate surface area is 189 Å². The van der Waals surface area contributed by atoms with Gasteiger partial charge in [0, 0.05) is 6.54 Å². The van der Waals surface area contributed by atoms with Gasteiger partial charge in [0.1, 0.15) is 24.2 Å². The van der Waals surface area contributed by atoms with Crippen molar-refractivity contribution in [2.24, 2.45) is 0 Å². The molecule has 2 N–H and O–H groups in total. The molecule has 32 heavy (non-hydrogen) atoms. The highest BCUT2D eigenvalue weighted by molar-refractivity contribution is 5.93. The van der Waals surface area contributed by atoms with Gasteiger partial charge in [-0.25, -0.2) is 4.79 Å². The summed E-state index contributed by atoms with van der Waals surface area (Å²) in [5.74, 6) is -1.56. The summed E-state index contributed by atoms with van der Waals surface area (Å²) < 4.78 is 9.82. The highest BCUT2D eigenvalue weighted by atomic mass is 16.6. The SMILES string of the molecule is CCCCN(C(=O)C(C)NC(=O)OC(C)(C)C)C(C(=O)NCC(=O)OC)c1ccccc1. The second-order valence-corrected chi connectivity index (χ2v) is 8.36. The van der Waals surface area contributed by atoms with Crippen LogP contribution >= 0.6 is 0 Å². The number of hydrogen-bond acceptors (Lipinski definition) is 6. The van der Waals surface area contributed by atoms with Crippen molar-refractivity contribution in [3.8, 4) is 0 Å². The third kappa shape index (κ3) is 8.95. The fourth-order valence-corrected chi connectivity index (χ4v) is 2.93. The van der Waals surface area contributed by atoms with E-state index in [0.29, 0.717) is 18.5 Å². The second kappa shape index (κ2) is 12.7. The molecule has 0 aliphatic heterocycles. The van der Waals surface area contributed by atoms with E-state index in [1.807, 2.05) is 6.92 Å². The first kappa shape index (κ1) is 26.9. The molecule has 3 amide bonds. The highest BCUT2D eigenvalue weighted by Gasteiger charge is 2.34. The molecule has 2 unspecified atom stereocenters. The zero-order valence-electron chi connectivity index (χ0n) is 19.8. The second-order valence-electron chi connectivity index (χ2n) is 8.36. The van der Waals surface area contributed by atoms with Crippen LogP contribution in [-0.2, 0) is 23.9 Å². The average Bonchev–Trinajstić information content (AvgIpc) is 2.73. The van der Waals surface area contributed by atoms with Crippen LogP contribution in [0.1, 0.15) is 59.1 Å². The minimum absolute atomic E-state index is 0.293. The van der Waals surface area contributed by atoms with Gasteiger partial charge in [-0.1, -0.05) is 43.7 Å². The first-order valence-electron chi connectivity index (χ1n) is 10.7. The number of nitrogens with zero attached hydrogens (tertiary/aromatic N) is 1. The van der Waals surface area contributed by atoms with Crippen LogP contribution in [0, 0.1) is 0 Å². The van der Waals surface area contributed by atoms with Crippen LogP contribution < -0.4 is 10.6 Å². The van der Waals surface area contributed by atoms with E-state index in [-0.39, 0.29) is 6.54 Å². The predicted octanol–water partition coefficient (Wildman–Crippen LogP) is 2.56. The minimum Gasteiger partial charge on any atom is -0.468 e. The molecule has 0 aliphatic rings. The van der Waals surface area contributed by atoms with Crippen molar-refractivity contribution in [3.05, 3.63) is 35.9 Å². The molecule has 0 spiro atoms. The van der Waals surface area contributed by atoms with E-state index in [2.05, 4.69) is 15.4 Å². The molecule has 1 aromatic carbocycles. The molecular weight excluding hydrogens is 414 g/mol. The number of hydrogen-bond donors (Lipinski definition) is 2. The van der Waals surface area contributed by atoms with E-state index in [1.165, 1.54) is 12.0 Å². The lowest BCUT2D eigenvalue weighted by atomic mass is 10.0. The van der Waals surface area contributed by atoms with Gasteiger partial charge < -0.3 is 25.0 Å². The predicted molar refractivity (Wildman–Crippen MR) is 120 cm³/mol. The Kier molecular flexibility index (Phi) is 10.7. The number of esters is 1. The molecule has 0 aliphatic carbocycles. The van der Waals surface area contributed by atoms with E-state index in [1.54, 1.807) is 58.0 Å². The van der Waals surface area contributed by atoms with Crippen LogP contribution in [0.5, 0.6) is 0 Å². The van der Waals surface area contributed by atoms with Gasteiger partial charge in [0.2, 0.25) is 11.8 Å². The maximum Gasteiger partial charge on any atom is 0.408 e. The summed E-state index contributed by atoms with van der Waals surface area (Å²) in [5.41, 5.74) is -0.126. The van der Waals surface area contributed by atoms with Crippen molar-refractivity contribution in [1.29, 1.82) is 0 Å². The van der Waals surface area contributed by atoms with Crippen molar-refractivity contribution >= 4 is 23.9 Å². The third-order valence-electron chi connectivity index (χ3n) is 4.45. The number of carbonyl (C=O) groups is 4. The Morgan fingerprint density at radius 1 is 1.09 bits per heavy atom. The molecule has 0 heterocycles. The summed E-state index contributed by atoms with van der Waals surface area (Å²) in [6.07, 6.45) is 0.724. The fourth-order valence-electron chi connectivity index (χ4n) is 2.93. The summed E-state index contributed by atoms with van der Waals surface area (Å²) >= 11 is 0. The molecular formula is C23H35N3O6. The minimum atomic E-state index is -0.984. The van der Waals surface area contributed by atoms with Crippen molar-refractivity contribution in [2.75, 3.05) is 20.2 Å². The highest BCUT2D eigenvalue weighted by Crippen LogP contribution is 2.23. The topological polar surface area (TPSA) is 114 Å². The van der Waals surface area contributed by atoms with Gasteiger partial charge in [0.15, 0.2) is 0 Å². The lowest BCUT2D eigenvalue weighted by Crippen LogP contribution is -2.52. The number of benzene rings is 1. The van der Waals surface area contributed by atoms with Gasteiger partial charge in [0.05, 0.1) is 7.11 Å². The van der Waals surface area contributed by atoms with Crippen LogP contribution in [0.15, 0.2) is 30.3 Å². The van der Waals surface area contributed by atoms with Gasteiger partial charge in [0.25, 0.3) is 0 Å². The molecule has 0 saturated carbocycles. The van der Waals surface area contributed by atoms with Crippen molar-refractivity contribution in [3.63, 3.8) is 0 Å². The number of alkyl carbamates (subject to hydrolysis) is 1. The zero-order valence-corrected chi connectivity index (χ0v) is 19.8. The molecule has 9 nitrogen and oxygen atoms in total. The van der Waals surface area contributed by atoms with Gasteiger partial charge in [-0.2, -0.15) is 0 Å². The summed E-state index contributed by atoms with van der Waals surface area (Å²) in [5, 5.41) is 5.07. The summed E-state index contributed by atoms with van der Waals surface area (Å²) in [7, 11) is 1.23. The average molecular weight is 450 g/mol. The molecule has 0 bridgehead atoms. The maximum atomic E-state index is 13.3. The lowest BCUT2D eigenvalue weighted by molar-refractivity contribution is -0.144. The quantitative estimate of drug-likeness (QED) is 0.531. The molecule has 0 radical (unpaired) electrons. The maximum absolute atomic E-state index is 13.3. The zero-order chi connectivity index (χ0) is 24.3. The number of unbranched alkanes of at least 4 members (excludes halogenated alkanes) is 1. The molecule has 0 fully saturated rings. The van der Waals surface area contributed by atoms with Crippen LogP contribution in [0.3, 0.4) is 0 Å². The smallest absolute Gasteiger partial charge is 0.408 e. The number of carbonyl (C=O) groups excluding carboxylic acids is 4. The number of nitrogens with one attached hydrogen (secondary N) is 2. The van der Waals surface area contributed by atoms with E-state index in [9.17, 15) is 19.2 Å². The normalized spacial score (nSPS) is 12.8. The van der Waals surface area contributed by atoms with Gasteiger partial charge in [-0.05, 0) is 39.7 Å². The molecule has 0 saturated heterocycles. The molecule has 178 valence electrons. The number of ether oxygens (including phenoxy) is 2.